The molecule has 2 N–H and O–H groups in total. The number of aliphatic hydroxyl groups excluding tert-OH is 1. The number of fused-ring (bicyclic) bond motifs is 3. The molecular formula is C21H23ClN4O3. The Morgan fingerprint density at radius 1 is 1.31 bits per heavy atom. The normalized spacial score (nSPS) is 26.7. The number of hydrogen-bond donors (Lipinski definition) is 2. The second kappa shape index (κ2) is 6.57. The number of para-hydroxylation sites is 1. The maximum Gasteiger partial charge on any atom is 0.416 e. The van der Waals surface area contributed by atoms with E-state index in [-0.39, 0.29) is 11.3 Å². The lowest BCUT2D eigenvalue weighted by molar-refractivity contribution is 0.124. The van der Waals surface area contributed by atoms with Crippen molar-refractivity contribution in [3.05, 3.63) is 47.4 Å². The molecule has 3 heterocycles. The van der Waals surface area contributed by atoms with E-state index in [1.165, 1.54) is 17.6 Å². The van der Waals surface area contributed by atoms with Crippen LogP contribution < -0.4 is 10.1 Å². The van der Waals surface area contributed by atoms with Crippen LogP contribution in [0.3, 0.4) is 0 Å². The molecule has 2 atom stereocenters. The number of aromatic nitrogens is 2. The Morgan fingerprint density at radius 2 is 2.07 bits per heavy atom. The number of anilines is 1. The first-order valence-electron chi connectivity index (χ1n) is 9.92. The van der Waals surface area contributed by atoms with Crippen molar-refractivity contribution in [2.75, 3.05) is 25.0 Å². The smallest absolute Gasteiger partial charge is 0.391 e. The zero-order chi connectivity index (χ0) is 20.2. The summed E-state index contributed by atoms with van der Waals surface area (Å²) in [5, 5.41) is 13.7. The van der Waals surface area contributed by atoms with Gasteiger partial charge in [0.1, 0.15) is 6.33 Å². The number of likely N-dealkylation sites (tertiary alicyclic amines) is 1. The van der Waals surface area contributed by atoms with Crippen molar-refractivity contribution in [2.24, 2.45) is 0 Å². The monoisotopic (exact) mass is 414 g/mol. The van der Waals surface area contributed by atoms with Crippen molar-refractivity contribution in [1.29, 1.82) is 0 Å². The lowest BCUT2D eigenvalue weighted by Gasteiger charge is -2.38. The highest BCUT2D eigenvalue weighted by atomic mass is 35.5. The maximum absolute atomic E-state index is 12.8. The van der Waals surface area contributed by atoms with Crippen molar-refractivity contribution in [3.8, 4) is 5.88 Å². The third-order valence-electron chi connectivity index (χ3n) is 6.53. The maximum atomic E-state index is 12.8. The highest BCUT2D eigenvalue weighted by Crippen LogP contribution is 2.50. The van der Waals surface area contributed by atoms with Crippen LogP contribution in [0, 0.1) is 0 Å². The van der Waals surface area contributed by atoms with Crippen LogP contribution in [0.1, 0.15) is 49.1 Å². The Morgan fingerprint density at radius 3 is 2.86 bits per heavy atom. The molecule has 5 rings (SSSR count). The van der Waals surface area contributed by atoms with Crippen molar-refractivity contribution >= 4 is 23.4 Å². The number of benzene rings is 1. The van der Waals surface area contributed by atoms with Gasteiger partial charge < -0.3 is 20.1 Å². The minimum atomic E-state index is -0.864. The van der Waals surface area contributed by atoms with Gasteiger partial charge in [-0.3, -0.25) is 0 Å². The van der Waals surface area contributed by atoms with Crippen LogP contribution in [0.15, 0.2) is 30.6 Å². The number of carbonyl (C=O) groups excluding carboxylic acids is 1. The first kappa shape index (κ1) is 18.6. The van der Waals surface area contributed by atoms with Crippen LogP contribution in [-0.2, 0) is 10.3 Å². The Bertz CT molecular complexity index is 972. The second-order valence-electron chi connectivity index (χ2n) is 8.39. The first-order chi connectivity index (χ1) is 13.9. The van der Waals surface area contributed by atoms with E-state index in [4.69, 9.17) is 16.3 Å². The van der Waals surface area contributed by atoms with E-state index in [2.05, 4.69) is 33.5 Å². The summed E-state index contributed by atoms with van der Waals surface area (Å²) in [6, 6.07) is 8.40. The molecule has 0 radical (unpaired) electrons. The van der Waals surface area contributed by atoms with E-state index < -0.39 is 17.1 Å². The number of alkyl halides is 1. The summed E-state index contributed by atoms with van der Waals surface area (Å²) in [4.78, 5) is 21.9. The van der Waals surface area contributed by atoms with E-state index in [0.717, 1.165) is 19.4 Å². The van der Waals surface area contributed by atoms with Crippen molar-refractivity contribution in [1.82, 2.24) is 14.9 Å². The Kier molecular flexibility index (Phi) is 4.22. The number of halogens is 1. The molecule has 0 unspecified atom stereocenters. The van der Waals surface area contributed by atoms with Gasteiger partial charge >= 0.3 is 6.09 Å². The summed E-state index contributed by atoms with van der Waals surface area (Å²) in [6.07, 6.45) is 2.15. The average Bonchev–Trinajstić information content (AvgIpc) is 3.18. The van der Waals surface area contributed by atoms with E-state index >= 15 is 0 Å². The van der Waals surface area contributed by atoms with Crippen LogP contribution in [0.25, 0.3) is 0 Å². The van der Waals surface area contributed by atoms with Gasteiger partial charge in [0.05, 0.1) is 22.2 Å². The SMILES string of the molecule is C[C@@]1(Cl)C[C@H](O)c2ncnc(OC(=O)N3CCC4(CC3)CNc3ccccc34)c21. The van der Waals surface area contributed by atoms with Crippen LogP contribution in [0.5, 0.6) is 5.88 Å². The van der Waals surface area contributed by atoms with Gasteiger partial charge in [-0.1, -0.05) is 18.2 Å². The van der Waals surface area contributed by atoms with Crippen molar-refractivity contribution in [2.45, 2.75) is 42.6 Å². The highest BCUT2D eigenvalue weighted by Gasteiger charge is 2.45. The van der Waals surface area contributed by atoms with E-state index in [1.54, 1.807) is 11.8 Å². The molecule has 0 bridgehead atoms. The zero-order valence-corrected chi connectivity index (χ0v) is 16.9. The van der Waals surface area contributed by atoms with Crippen LogP contribution in [0.2, 0.25) is 0 Å². The zero-order valence-electron chi connectivity index (χ0n) is 16.2. The molecule has 2 aromatic rings. The quantitative estimate of drug-likeness (QED) is 0.696. The minimum Gasteiger partial charge on any atom is -0.391 e. The third-order valence-corrected chi connectivity index (χ3v) is 6.88. The first-order valence-corrected chi connectivity index (χ1v) is 10.3. The number of aliphatic hydroxyl groups is 1. The van der Waals surface area contributed by atoms with Crippen LogP contribution in [0.4, 0.5) is 10.5 Å². The molecular weight excluding hydrogens is 392 g/mol. The fraction of sp³-hybridized carbons (Fsp3) is 0.476. The lowest BCUT2D eigenvalue weighted by atomic mass is 9.74. The summed E-state index contributed by atoms with van der Waals surface area (Å²) in [7, 11) is 0. The fourth-order valence-electron chi connectivity index (χ4n) is 4.93. The van der Waals surface area contributed by atoms with Gasteiger partial charge in [0, 0.05) is 37.2 Å². The molecule has 7 nitrogen and oxygen atoms in total. The number of nitrogens with one attached hydrogen (secondary N) is 1. The van der Waals surface area contributed by atoms with E-state index in [9.17, 15) is 9.90 Å². The molecule has 1 fully saturated rings. The van der Waals surface area contributed by atoms with Gasteiger partial charge in [0.2, 0.25) is 5.88 Å². The highest BCUT2D eigenvalue weighted by molar-refractivity contribution is 6.24. The fourth-order valence-corrected chi connectivity index (χ4v) is 5.26. The Balaban J connectivity index is 1.31. The van der Waals surface area contributed by atoms with Gasteiger partial charge in [-0.05, 0) is 31.4 Å². The Hall–Kier alpha value is -2.38. The molecule has 8 heteroatoms. The molecule has 1 amide bonds. The van der Waals surface area contributed by atoms with Gasteiger partial charge in [0.25, 0.3) is 0 Å². The molecule has 1 spiro atoms. The summed E-state index contributed by atoms with van der Waals surface area (Å²) >= 11 is 6.55. The molecule has 1 saturated heterocycles. The van der Waals surface area contributed by atoms with Crippen molar-refractivity contribution < 1.29 is 14.6 Å². The number of amides is 1. The topological polar surface area (TPSA) is 87.6 Å². The molecule has 3 aliphatic rings. The summed E-state index contributed by atoms with van der Waals surface area (Å²) in [5.74, 6) is 0.141. The van der Waals surface area contributed by atoms with Crippen molar-refractivity contribution in [3.63, 3.8) is 0 Å². The van der Waals surface area contributed by atoms with Gasteiger partial charge in [-0.2, -0.15) is 0 Å². The summed E-state index contributed by atoms with van der Waals surface area (Å²) in [6.45, 7) is 3.91. The van der Waals surface area contributed by atoms with E-state index in [0.29, 0.717) is 30.8 Å². The summed E-state index contributed by atoms with van der Waals surface area (Å²) < 4.78 is 5.63. The van der Waals surface area contributed by atoms with Gasteiger partial charge in [-0.25, -0.2) is 14.8 Å². The number of nitrogens with zero attached hydrogens (tertiary/aromatic N) is 3. The van der Waals surface area contributed by atoms with E-state index in [1.807, 2.05) is 6.07 Å². The standard InChI is InChI=1S/C21H23ClN4O3/c1-20(22)10-15(27)17-16(20)18(25-12-24-17)29-19(28)26-8-6-21(7-9-26)11-23-14-5-3-2-4-13(14)21/h2-5,12,15,23,27H,6-11H2,1H3/t15-,20+/m0/s1. The number of hydrogen-bond acceptors (Lipinski definition) is 6. The summed E-state index contributed by atoms with van der Waals surface area (Å²) in [5.41, 5.74) is 3.55. The largest absolute Gasteiger partial charge is 0.416 e. The molecule has 1 aromatic carbocycles. The minimum absolute atomic E-state index is 0.0718. The lowest BCUT2D eigenvalue weighted by Crippen LogP contribution is -2.47. The molecule has 1 aromatic heterocycles. The molecule has 0 saturated carbocycles. The van der Waals surface area contributed by atoms with Gasteiger partial charge in [-0.15, -0.1) is 11.6 Å². The predicted octanol–water partition coefficient (Wildman–Crippen LogP) is 3.33. The van der Waals surface area contributed by atoms with Crippen LogP contribution in [-0.4, -0.2) is 45.7 Å². The van der Waals surface area contributed by atoms with Gasteiger partial charge in [0.15, 0.2) is 0 Å². The molecule has 152 valence electrons. The molecule has 1 aliphatic carbocycles. The molecule has 2 aliphatic heterocycles. The number of rotatable bonds is 1. The Labute approximate surface area is 174 Å². The second-order valence-corrected chi connectivity index (χ2v) is 9.23. The average molecular weight is 415 g/mol. The number of piperidine rings is 1. The molecule has 29 heavy (non-hydrogen) atoms. The third kappa shape index (κ3) is 2.95. The van der Waals surface area contributed by atoms with Crippen LogP contribution >= 0.6 is 11.6 Å². The predicted molar refractivity (Wildman–Crippen MR) is 108 cm³/mol. The number of ether oxygens (including phenoxy) is 1. The number of carbonyl (C=O) groups is 1.